The normalized spacial score (nSPS) is 10.4. The summed E-state index contributed by atoms with van der Waals surface area (Å²) in [6.45, 7) is 0. The van der Waals surface area contributed by atoms with Crippen molar-refractivity contribution in [1.82, 2.24) is 15.2 Å². The highest BCUT2D eigenvalue weighted by atomic mass is 16.5. The number of carbonyl (C=O) groups excluding carboxylic acids is 1. The van der Waals surface area contributed by atoms with Crippen LogP contribution in [0.4, 0.5) is 5.82 Å². The van der Waals surface area contributed by atoms with Crippen molar-refractivity contribution in [2.75, 3.05) is 12.4 Å². The summed E-state index contributed by atoms with van der Waals surface area (Å²) in [5, 5.41) is 10.3. The van der Waals surface area contributed by atoms with E-state index in [9.17, 15) is 4.79 Å². The smallest absolute Gasteiger partial charge is 0.260 e. The largest absolute Gasteiger partial charge is 0.496 e. The molecule has 100 valence electrons. The van der Waals surface area contributed by atoms with Crippen molar-refractivity contribution in [2.45, 2.75) is 0 Å². The molecule has 0 spiro atoms. The summed E-state index contributed by atoms with van der Waals surface area (Å²) < 4.78 is 5.17. The molecule has 0 aliphatic rings. The molecule has 0 atom stereocenters. The van der Waals surface area contributed by atoms with Crippen LogP contribution in [0.1, 0.15) is 10.4 Å². The summed E-state index contributed by atoms with van der Waals surface area (Å²) in [4.78, 5) is 16.4. The van der Waals surface area contributed by atoms with Crippen LogP contribution in [0.3, 0.4) is 0 Å². The molecule has 0 unspecified atom stereocenters. The second kappa shape index (κ2) is 5.00. The van der Waals surface area contributed by atoms with Crippen molar-refractivity contribution in [1.29, 1.82) is 0 Å². The Morgan fingerprint density at radius 2 is 2.10 bits per heavy atom. The minimum absolute atomic E-state index is 0.267. The number of nitrogens with one attached hydrogen (secondary N) is 2. The van der Waals surface area contributed by atoms with Crippen molar-refractivity contribution in [3.05, 3.63) is 48.2 Å². The number of para-hydroxylation sites is 1. The van der Waals surface area contributed by atoms with Crippen LogP contribution < -0.4 is 10.1 Å². The zero-order valence-electron chi connectivity index (χ0n) is 10.8. The van der Waals surface area contributed by atoms with Crippen LogP contribution in [0.15, 0.2) is 42.6 Å². The Bertz CT molecular complexity index is 766. The Morgan fingerprint density at radius 1 is 1.25 bits per heavy atom. The average Bonchev–Trinajstić information content (AvgIpc) is 2.90. The molecule has 1 amide bonds. The molecular formula is C14H12N4O2. The fourth-order valence-electron chi connectivity index (χ4n) is 1.96. The van der Waals surface area contributed by atoms with E-state index in [-0.39, 0.29) is 5.91 Å². The van der Waals surface area contributed by atoms with Gasteiger partial charge in [0.25, 0.3) is 5.91 Å². The molecule has 2 heterocycles. The third kappa shape index (κ3) is 2.07. The number of hydrogen-bond acceptors (Lipinski definition) is 4. The van der Waals surface area contributed by atoms with Gasteiger partial charge in [-0.1, -0.05) is 12.1 Å². The van der Waals surface area contributed by atoms with Gasteiger partial charge in [0.1, 0.15) is 11.6 Å². The molecule has 6 heteroatoms. The number of anilines is 1. The number of carbonyl (C=O) groups is 1. The number of amides is 1. The first kappa shape index (κ1) is 12.2. The summed E-state index contributed by atoms with van der Waals surface area (Å²) >= 11 is 0. The number of ether oxygens (including phenoxy) is 1. The van der Waals surface area contributed by atoms with Gasteiger partial charge >= 0.3 is 0 Å². The quantitative estimate of drug-likeness (QED) is 0.763. The van der Waals surface area contributed by atoms with Crippen molar-refractivity contribution in [2.24, 2.45) is 0 Å². The lowest BCUT2D eigenvalue weighted by atomic mass is 10.2. The molecule has 0 saturated heterocycles. The molecule has 0 aliphatic heterocycles. The third-order valence-corrected chi connectivity index (χ3v) is 2.92. The predicted octanol–water partition coefficient (Wildman–Crippen LogP) is 2.22. The number of H-pyrrole nitrogens is 1. The molecule has 0 radical (unpaired) electrons. The summed E-state index contributed by atoms with van der Waals surface area (Å²) in [7, 11) is 1.53. The van der Waals surface area contributed by atoms with Gasteiger partial charge in [-0.05, 0) is 24.3 Å². The first-order chi connectivity index (χ1) is 9.79. The third-order valence-electron chi connectivity index (χ3n) is 2.92. The molecule has 3 aromatic rings. The van der Waals surface area contributed by atoms with E-state index in [1.165, 1.54) is 7.11 Å². The fraction of sp³-hybridized carbons (Fsp3) is 0.0714. The Morgan fingerprint density at radius 3 is 2.95 bits per heavy atom. The van der Waals surface area contributed by atoms with Gasteiger partial charge in [0.05, 0.1) is 18.1 Å². The number of benzene rings is 1. The standard InChI is InChI=1S/C14H12N4O2/c1-20-11-7-3-2-5-9(11)14(19)16-13-10-6-4-8-15-12(10)17-18-13/h2-8H,1H3,(H2,15,16,17,18,19). The van der Waals surface area contributed by atoms with E-state index in [0.717, 1.165) is 5.39 Å². The van der Waals surface area contributed by atoms with Gasteiger partial charge in [0.2, 0.25) is 0 Å². The van der Waals surface area contributed by atoms with Gasteiger partial charge in [0, 0.05) is 6.20 Å². The van der Waals surface area contributed by atoms with E-state index in [1.54, 1.807) is 30.5 Å². The predicted molar refractivity (Wildman–Crippen MR) is 74.8 cm³/mol. The summed E-state index contributed by atoms with van der Waals surface area (Å²) in [6, 6.07) is 10.7. The number of hydrogen-bond donors (Lipinski definition) is 2. The number of pyridine rings is 1. The van der Waals surface area contributed by atoms with E-state index < -0.39 is 0 Å². The molecular weight excluding hydrogens is 256 g/mol. The first-order valence-corrected chi connectivity index (χ1v) is 6.03. The number of nitrogens with zero attached hydrogens (tertiary/aromatic N) is 2. The average molecular weight is 268 g/mol. The maximum absolute atomic E-state index is 12.3. The molecule has 1 aromatic carbocycles. The number of rotatable bonds is 3. The molecule has 2 aromatic heterocycles. The monoisotopic (exact) mass is 268 g/mol. The highest BCUT2D eigenvalue weighted by molar-refractivity contribution is 6.08. The van der Waals surface area contributed by atoms with Gasteiger partial charge in [0.15, 0.2) is 5.65 Å². The van der Waals surface area contributed by atoms with Crippen LogP contribution >= 0.6 is 0 Å². The number of methoxy groups -OCH3 is 1. The summed E-state index contributed by atoms with van der Waals surface area (Å²) in [5.74, 6) is 0.771. The maximum Gasteiger partial charge on any atom is 0.260 e. The molecule has 2 N–H and O–H groups in total. The van der Waals surface area contributed by atoms with Crippen LogP contribution in [0.25, 0.3) is 11.0 Å². The van der Waals surface area contributed by atoms with Gasteiger partial charge in [-0.2, -0.15) is 5.10 Å². The SMILES string of the molecule is COc1ccccc1C(=O)Nc1[nH]nc2ncccc12. The van der Waals surface area contributed by atoms with Crippen LogP contribution in [-0.4, -0.2) is 28.2 Å². The first-order valence-electron chi connectivity index (χ1n) is 6.03. The Labute approximate surface area is 114 Å². The summed E-state index contributed by atoms with van der Waals surface area (Å²) in [5.41, 5.74) is 1.02. The van der Waals surface area contributed by atoms with Crippen molar-refractivity contribution in [3.63, 3.8) is 0 Å². The minimum Gasteiger partial charge on any atom is -0.496 e. The number of fused-ring (bicyclic) bond motifs is 1. The van der Waals surface area contributed by atoms with Crippen LogP contribution in [0.2, 0.25) is 0 Å². The number of aromatic nitrogens is 3. The number of aromatic amines is 1. The van der Waals surface area contributed by atoms with Crippen LogP contribution in [0, 0.1) is 0 Å². The van der Waals surface area contributed by atoms with Gasteiger partial charge in [-0.15, -0.1) is 0 Å². The van der Waals surface area contributed by atoms with E-state index in [0.29, 0.717) is 22.8 Å². The van der Waals surface area contributed by atoms with Gasteiger partial charge < -0.3 is 10.1 Å². The van der Waals surface area contributed by atoms with E-state index in [4.69, 9.17) is 4.74 Å². The van der Waals surface area contributed by atoms with Gasteiger partial charge in [-0.25, -0.2) is 4.98 Å². The molecule has 0 aliphatic carbocycles. The zero-order valence-corrected chi connectivity index (χ0v) is 10.8. The lowest BCUT2D eigenvalue weighted by molar-refractivity contribution is 0.102. The van der Waals surface area contributed by atoms with Crippen molar-refractivity contribution < 1.29 is 9.53 Å². The van der Waals surface area contributed by atoms with Crippen molar-refractivity contribution >= 4 is 22.8 Å². The Balaban J connectivity index is 1.93. The van der Waals surface area contributed by atoms with E-state index in [1.807, 2.05) is 12.1 Å². The second-order valence-electron chi connectivity index (χ2n) is 4.13. The topological polar surface area (TPSA) is 79.9 Å². The zero-order chi connectivity index (χ0) is 13.9. The molecule has 20 heavy (non-hydrogen) atoms. The second-order valence-corrected chi connectivity index (χ2v) is 4.13. The summed E-state index contributed by atoms with van der Waals surface area (Å²) in [6.07, 6.45) is 1.65. The molecule has 3 rings (SSSR count). The maximum atomic E-state index is 12.3. The van der Waals surface area contributed by atoms with E-state index in [2.05, 4.69) is 20.5 Å². The Kier molecular flexibility index (Phi) is 3.04. The lowest BCUT2D eigenvalue weighted by Crippen LogP contribution is -2.13. The van der Waals surface area contributed by atoms with Crippen LogP contribution in [0.5, 0.6) is 5.75 Å². The molecule has 0 saturated carbocycles. The minimum atomic E-state index is -0.267. The molecule has 6 nitrogen and oxygen atoms in total. The molecule has 0 fully saturated rings. The fourth-order valence-corrected chi connectivity index (χ4v) is 1.96. The van der Waals surface area contributed by atoms with Gasteiger partial charge in [-0.3, -0.25) is 9.89 Å². The lowest BCUT2D eigenvalue weighted by Gasteiger charge is -2.07. The van der Waals surface area contributed by atoms with E-state index >= 15 is 0 Å². The van der Waals surface area contributed by atoms with Crippen molar-refractivity contribution in [3.8, 4) is 5.75 Å². The van der Waals surface area contributed by atoms with Crippen LogP contribution in [-0.2, 0) is 0 Å². The Hall–Kier alpha value is -2.89. The highest BCUT2D eigenvalue weighted by Crippen LogP contribution is 2.21. The molecule has 0 bridgehead atoms. The highest BCUT2D eigenvalue weighted by Gasteiger charge is 2.14.